The molecule has 0 atom stereocenters. The van der Waals surface area contributed by atoms with Crippen molar-refractivity contribution in [3.05, 3.63) is 84.6 Å². The fourth-order valence-corrected chi connectivity index (χ4v) is 1.44. The molecule has 0 aliphatic heterocycles. The van der Waals surface area contributed by atoms with E-state index in [9.17, 15) is 9.59 Å². The van der Waals surface area contributed by atoms with Crippen LogP contribution >= 0.6 is 24.0 Å². The van der Waals surface area contributed by atoms with Gasteiger partial charge in [-0.15, -0.1) is 24.0 Å². The average Bonchev–Trinajstić information content (AvgIpc) is 2.55. The van der Waals surface area contributed by atoms with Crippen molar-refractivity contribution in [2.24, 2.45) is 5.73 Å². The van der Waals surface area contributed by atoms with Gasteiger partial charge in [-0.1, -0.05) is 67.2 Å². The smallest absolute Gasteiger partial charge is 0.233 e. The molecule has 0 aliphatic carbocycles. The Labute approximate surface area is 161 Å². The first-order valence-corrected chi connectivity index (χ1v) is 7.06. The number of benzene rings is 2. The van der Waals surface area contributed by atoms with Gasteiger partial charge in [0.05, 0.1) is 0 Å². The monoisotopic (exact) mass is 440 g/mol. The maximum atomic E-state index is 11.8. The lowest BCUT2D eigenvalue weighted by Crippen LogP contribution is -2.14. The highest BCUT2D eigenvalue weighted by Crippen LogP contribution is 2.07. The summed E-state index contributed by atoms with van der Waals surface area (Å²) in [6.07, 6.45) is 1.25. The molecule has 2 aromatic carbocycles. The van der Waals surface area contributed by atoms with Crippen molar-refractivity contribution in [1.82, 2.24) is 4.90 Å². The predicted molar refractivity (Wildman–Crippen MR) is 111 cm³/mol. The Morgan fingerprint density at radius 3 is 1.25 bits per heavy atom. The topological polar surface area (TPSA) is 63.4 Å². The minimum absolute atomic E-state index is 0. The maximum absolute atomic E-state index is 11.8. The summed E-state index contributed by atoms with van der Waals surface area (Å²) in [5, 5.41) is 0. The van der Waals surface area contributed by atoms with Gasteiger partial charge in [0.25, 0.3) is 0 Å². The summed E-state index contributed by atoms with van der Waals surface area (Å²) in [6, 6.07) is 17.2. The number of carbonyl (C=O) groups excluding carboxylic acids is 2. The SMILES string of the molecule is C=CN.CN(C)C.I.O=C(C(=O)c1ccccc1)c1ccccc1. The number of hydrogen-bond acceptors (Lipinski definition) is 4. The predicted octanol–water partition coefficient (Wildman–Crippen LogP) is 3.64. The number of halogens is 1. The van der Waals surface area contributed by atoms with E-state index in [1.54, 1.807) is 48.5 Å². The Morgan fingerprint density at radius 1 is 0.833 bits per heavy atom. The number of hydrogen-bond donors (Lipinski definition) is 1. The van der Waals surface area contributed by atoms with Gasteiger partial charge in [0.15, 0.2) is 0 Å². The Morgan fingerprint density at radius 2 is 1.04 bits per heavy atom. The van der Waals surface area contributed by atoms with Gasteiger partial charge in [-0.2, -0.15) is 0 Å². The molecule has 0 unspecified atom stereocenters. The molecular formula is C19H25IN2O2. The molecule has 0 bridgehead atoms. The van der Waals surface area contributed by atoms with E-state index in [1.165, 1.54) is 6.20 Å². The molecule has 2 rings (SSSR count). The van der Waals surface area contributed by atoms with E-state index in [1.807, 2.05) is 38.2 Å². The van der Waals surface area contributed by atoms with Crippen LogP contribution in [0.5, 0.6) is 0 Å². The normalized spacial score (nSPS) is 8.50. The molecule has 0 saturated carbocycles. The third kappa shape index (κ3) is 10.7. The summed E-state index contributed by atoms with van der Waals surface area (Å²) in [5.74, 6) is -0.932. The molecule has 0 amide bonds. The van der Waals surface area contributed by atoms with E-state index in [2.05, 4.69) is 12.3 Å². The second kappa shape index (κ2) is 14.6. The number of rotatable bonds is 3. The molecule has 0 saturated heterocycles. The quantitative estimate of drug-likeness (QED) is 0.450. The third-order valence-corrected chi connectivity index (χ3v) is 2.28. The second-order valence-corrected chi connectivity index (χ2v) is 4.97. The molecule has 2 aromatic rings. The van der Waals surface area contributed by atoms with Crippen LogP contribution in [0, 0.1) is 0 Å². The minimum Gasteiger partial charge on any atom is -0.405 e. The van der Waals surface area contributed by atoms with Crippen LogP contribution < -0.4 is 5.73 Å². The van der Waals surface area contributed by atoms with Crippen LogP contribution in [-0.4, -0.2) is 37.6 Å². The zero-order valence-electron chi connectivity index (χ0n) is 14.3. The molecule has 2 N–H and O–H groups in total. The molecule has 0 heterocycles. The molecule has 24 heavy (non-hydrogen) atoms. The third-order valence-electron chi connectivity index (χ3n) is 2.28. The molecule has 0 fully saturated rings. The summed E-state index contributed by atoms with van der Waals surface area (Å²) in [7, 11) is 6.00. The first kappa shape index (κ1) is 24.3. The van der Waals surface area contributed by atoms with Crippen molar-refractivity contribution >= 4 is 35.5 Å². The van der Waals surface area contributed by atoms with Gasteiger partial charge in [-0.3, -0.25) is 9.59 Å². The first-order chi connectivity index (χ1) is 10.9. The highest BCUT2D eigenvalue weighted by molar-refractivity contribution is 14.0. The minimum atomic E-state index is -0.466. The van der Waals surface area contributed by atoms with Crippen LogP contribution in [0.15, 0.2) is 73.4 Å². The lowest BCUT2D eigenvalue weighted by Gasteiger charge is -1.99. The Balaban J connectivity index is 0. The Kier molecular flexibility index (Phi) is 14.8. The molecule has 130 valence electrons. The van der Waals surface area contributed by atoms with Crippen LogP contribution in [0.3, 0.4) is 0 Å². The number of nitrogens with two attached hydrogens (primary N) is 1. The molecular weight excluding hydrogens is 415 g/mol. The van der Waals surface area contributed by atoms with Crippen LogP contribution in [0.2, 0.25) is 0 Å². The zero-order valence-corrected chi connectivity index (χ0v) is 16.6. The summed E-state index contributed by atoms with van der Waals surface area (Å²) < 4.78 is 0. The summed E-state index contributed by atoms with van der Waals surface area (Å²) >= 11 is 0. The van der Waals surface area contributed by atoms with Gasteiger partial charge in [0.2, 0.25) is 11.6 Å². The van der Waals surface area contributed by atoms with Crippen molar-refractivity contribution in [2.75, 3.05) is 21.1 Å². The molecule has 4 nitrogen and oxygen atoms in total. The molecule has 0 aliphatic rings. The highest BCUT2D eigenvalue weighted by atomic mass is 127. The fourth-order valence-electron chi connectivity index (χ4n) is 1.44. The van der Waals surface area contributed by atoms with E-state index in [0.29, 0.717) is 11.1 Å². The van der Waals surface area contributed by atoms with Gasteiger partial charge in [-0.05, 0) is 27.3 Å². The molecule has 0 spiro atoms. The molecule has 0 radical (unpaired) electrons. The summed E-state index contributed by atoms with van der Waals surface area (Å²) in [5.41, 5.74) is 5.47. The Hall–Kier alpha value is -1.99. The fraction of sp³-hybridized carbons (Fsp3) is 0.158. The van der Waals surface area contributed by atoms with Crippen molar-refractivity contribution in [2.45, 2.75) is 0 Å². The standard InChI is InChI=1S/C14H10O2.C3H9N.C2H5N.HI/c15-13(11-7-3-1-4-8-11)14(16)12-9-5-2-6-10-12;1-4(2)3;1-2-3;/h1-10H;1-3H3;2H,1,3H2;1H. The van der Waals surface area contributed by atoms with Gasteiger partial charge in [-0.25, -0.2) is 0 Å². The van der Waals surface area contributed by atoms with Gasteiger partial charge >= 0.3 is 0 Å². The van der Waals surface area contributed by atoms with Gasteiger partial charge in [0.1, 0.15) is 0 Å². The lowest BCUT2D eigenvalue weighted by atomic mass is 10.0. The van der Waals surface area contributed by atoms with Crippen molar-refractivity contribution < 1.29 is 9.59 Å². The molecule has 5 heteroatoms. The van der Waals surface area contributed by atoms with Gasteiger partial charge < -0.3 is 10.6 Å². The average molecular weight is 440 g/mol. The number of Topliss-reactive ketones (excluding diaryl/α,β-unsaturated/α-hetero) is 2. The van der Waals surface area contributed by atoms with Crippen molar-refractivity contribution in [3.8, 4) is 0 Å². The van der Waals surface area contributed by atoms with Crippen LogP contribution in [0.1, 0.15) is 20.7 Å². The number of carbonyl (C=O) groups is 2. The zero-order chi connectivity index (χ0) is 17.7. The number of nitrogens with zero attached hydrogens (tertiary/aromatic N) is 1. The van der Waals surface area contributed by atoms with Crippen molar-refractivity contribution in [3.63, 3.8) is 0 Å². The van der Waals surface area contributed by atoms with E-state index >= 15 is 0 Å². The van der Waals surface area contributed by atoms with Crippen LogP contribution in [0.4, 0.5) is 0 Å². The second-order valence-electron chi connectivity index (χ2n) is 4.97. The maximum Gasteiger partial charge on any atom is 0.233 e. The van der Waals surface area contributed by atoms with Crippen molar-refractivity contribution in [1.29, 1.82) is 0 Å². The van der Waals surface area contributed by atoms with E-state index in [4.69, 9.17) is 0 Å². The summed E-state index contributed by atoms with van der Waals surface area (Å²) in [4.78, 5) is 25.6. The van der Waals surface area contributed by atoms with E-state index < -0.39 is 11.6 Å². The van der Waals surface area contributed by atoms with E-state index in [-0.39, 0.29) is 24.0 Å². The summed E-state index contributed by atoms with van der Waals surface area (Å²) in [6.45, 7) is 3.14. The number of ketones is 2. The Bertz CT molecular complexity index is 547. The first-order valence-electron chi connectivity index (χ1n) is 7.06. The van der Waals surface area contributed by atoms with E-state index in [0.717, 1.165) is 0 Å². The largest absolute Gasteiger partial charge is 0.405 e. The molecule has 0 aromatic heterocycles. The van der Waals surface area contributed by atoms with Crippen LogP contribution in [0.25, 0.3) is 0 Å². The van der Waals surface area contributed by atoms with Gasteiger partial charge in [0, 0.05) is 11.1 Å². The lowest BCUT2D eigenvalue weighted by molar-refractivity contribution is 0.0817. The highest BCUT2D eigenvalue weighted by Gasteiger charge is 2.16. The van der Waals surface area contributed by atoms with Crippen LogP contribution in [-0.2, 0) is 0 Å².